The van der Waals surface area contributed by atoms with Crippen molar-refractivity contribution < 1.29 is 34.2 Å². The van der Waals surface area contributed by atoms with Crippen LogP contribution in [0.1, 0.15) is 26.7 Å². The van der Waals surface area contributed by atoms with Crippen molar-refractivity contribution in [2.24, 2.45) is 11.5 Å². The summed E-state index contributed by atoms with van der Waals surface area (Å²) in [6.07, 6.45) is 0.192. The van der Waals surface area contributed by atoms with Crippen molar-refractivity contribution in [3.05, 3.63) is 0 Å². The molecule has 0 spiro atoms. The number of hydrogen-bond donors (Lipinski definition) is 7. The van der Waals surface area contributed by atoms with Crippen LogP contribution in [0.4, 0.5) is 0 Å². The lowest BCUT2D eigenvalue weighted by molar-refractivity contribution is -0.143. The molecule has 0 saturated carbocycles. The van der Waals surface area contributed by atoms with Crippen LogP contribution in [0.5, 0.6) is 0 Å². The number of carboxylic acid groups (broad SMARTS) is 1. The van der Waals surface area contributed by atoms with Gasteiger partial charge in [-0.25, -0.2) is 4.79 Å². The number of aliphatic carboxylic acids is 1. The largest absolute Gasteiger partial charge is 0.480 e. The Kier molecular flexibility index (Phi) is 11.9. The van der Waals surface area contributed by atoms with Crippen LogP contribution < -0.4 is 27.4 Å². The minimum atomic E-state index is -1.45. The molecule has 0 aliphatic carbocycles. The van der Waals surface area contributed by atoms with Gasteiger partial charge < -0.3 is 37.6 Å². The lowest BCUT2D eigenvalue weighted by Gasteiger charge is -2.25. The first-order valence-electron chi connectivity index (χ1n) is 8.75. The fourth-order valence-corrected chi connectivity index (χ4v) is 2.60. The van der Waals surface area contributed by atoms with Crippen LogP contribution in [0.25, 0.3) is 0 Å². The highest BCUT2D eigenvalue weighted by Gasteiger charge is 2.31. The molecule has 5 atom stereocenters. The third-order valence-corrected chi connectivity index (χ3v) is 4.44. The quantitative estimate of drug-likeness (QED) is 0.155. The number of nitrogens with one attached hydrogen (secondary N) is 3. The van der Waals surface area contributed by atoms with E-state index in [1.165, 1.54) is 25.6 Å². The van der Waals surface area contributed by atoms with Gasteiger partial charge in [0, 0.05) is 0 Å². The Morgan fingerprint density at radius 1 is 1.00 bits per heavy atom. The van der Waals surface area contributed by atoms with Gasteiger partial charge in [0.2, 0.25) is 23.6 Å². The Morgan fingerprint density at radius 2 is 1.59 bits per heavy atom. The summed E-state index contributed by atoms with van der Waals surface area (Å²) in [5.74, 6) is -4.05. The average molecular weight is 436 g/mol. The van der Waals surface area contributed by atoms with Gasteiger partial charge >= 0.3 is 5.97 Å². The molecule has 0 rings (SSSR count). The van der Waals surface area contributed by atoms with E-state index in [1.807, 2.05) is 0 Å². The molecule has 5 unspecified atom stereocenters. The maximum absolute atomic E-state index is 12.4. The molecule has 0 heterocycles. The molecule has 0 fully saturated rings. The van der Waals surface area contributed by atoms with E-state index in [0.29, 0.717) is 5.75 Å². The molecule has 29 heavy (non-hydrogen) atoms. The maximum atomic E-state index is 12.4. The van der Waals surface area contributed by atoms with E-state index >= 15 is 0 Å². The van der Waals surface area contributed by atoms with Gasteiger partial charge in [0.25, 0.3) is 0 Å². The highest BCUT2D eigenvalue weighted by atomic mass is 32.2. The van der Waals surface area contributed by atoms with E-state index in [0.717, 1.165) is 0 Å². The molecule has 166 valence electrons. The molecular formula is C16H29N5O7S. The summed E-state index contributed by atoms with van der Waals surface area (Å²) in [6.45, 7) is 2.55. The zero-order valence-electron chi connectivity index (χ0n) is 16.5. The van der Waals surface area contributed by atoms with Gasteiger partial charge in [0.05, 0.1) is 18.6 Å². The van der Waals surface area contributed by atoms with Crippen LogP contribution in [0, 0.1) is 0 Å². The molecule has 13 heteroatoms. The monoisotopic (exact) mass is 435 g/mol. The Hall–Kier alpha value is -2.38. The zero-order chi connectivity index (χ0) is 22.7. The second-order valence-electron chi connectivity index (χ2n) is 6.41. The molecule has 0 aliphatic rings. The normalized spacial score (nSPS) is 15.9. The van der Waals surface area contributed by atoms with Crippen molar-refractivity contribution in [1.29, 1.82) is 0 Å². The second-order valence-corrected chi connectivity index (χ2v) is 7.40. The smallest absolute Gasteiger partial charge is 0.326 e. The van der Waals surface area contributed by atoms with E-state index < -0.39 is 66.3 Å². The lowest BCUT2D eigenvalue weighted by atomic mass is 10.1. The summed E-state index contributed by atoms with van der Waals surface area (Å²) in [4.78, 5) is 58.5. The molecule has 0 aromatic rings. The molecule has 0 radical (unpaired) electrons. The summed E-state index contributed by atoms with van der Waals surface area (Å²) in [5, 5.41) is 25.8. The van der Waals surface area contributed by atoms with Gasteiger partial charge in [-0.05, 0) is 32.3 Å². The van der Waals surface area contributed by atoms with Crippen LogP contribution in [-0.2, 0) is 24.0 Å². The van der Waals surface area contributed by atoms with E-state index in [-0.39, 0.29) is 6.42 Å². The Morgan fingerprint density at radius 3 is 2.03 bits per heavy atom. The summed E-state index contributed by atoms with van der Waals surface area (Å²) in [6, 6.07) is -5.03. The number of thioether (sulfide) groups is 1. The van der Waals surface area contributed by atoms with Crippen LogP contribution in [-0.4, -0.2) is 82.1 Å². The summed E-state index contributed by atoms with van der Waals surface area (Å²) < 4.78 is 0. The fraction of sp³-hybridized carbons (Fsp3) is 0.688. The number of aliphatic hydroxyl groups is 1. The highest BCUT2D eigenvalue weighted by molar-refractivity contribution is 7.98. The Bertz CT molecular complexity index is 616. The molecule has 0 saturated heterocycles. The summed E-state index contributed by atoms with van der Waals surface area (Å²) in [5.41, 5.74) is 10.4. The van der Waals surface area contributed by atoms with E-state index in [4.69, 9.17) is 11.5 Å². The number of primary amides is 1. The molecule has 0 bridgehead atoms. The predicted octanol–water partition coefficient (Wildman–Crippen LogP) is -3.12. The number of nitrogens with two attached hydrogens (primary N) is 2. The molecular weight excluding hydrogens is 406 g/mol. The number of aliphatic hydroxyl groups excluding tert-OH is 1. The first-order chi connectivity index (χ1) is 13.4. The standard InChI is InChI=1S/C16H29N5O7S/c1-7(19-14(25)9(17)6-11(18)23)13(24)21-12(8(2)22)15(26)20-10(16(27)28)4-5-29-3/h7-10,12,22H,4-6,17H2,1-3H3,(H2,18,23)(H,19,25)(H,20,26)(H,21,24)(H,27,28). The number of carbonyl (C=O) groups excluding carboxylic acids is 4. The van der Waals surface area contributed by atoms with Gasteiger partial charge in [0.15, 0.2) is 0 Å². The Balaban J connectivity index is 4.98. The Labute approximate surface area is 172 Å². The van der Waals surface area contributed by atoms with Gasteiger partial charge in [0.1, 0.15) is 18.1 Å². The van der Waals surface area contributed by atoms with Gasteiger partial charge in [-0.1, -0.05) is 0 Å². The van der Waals surface area contributed by atoms with Crippen molar-refractivity contribution in [3.8, 4) is 0 Å². The average Bonchev–Trinajstić information content (AvgIpc) is 2.61. The third kappa shape index (κ3) is 10.1. The molecule has 9 N–H and O–H groups in total. The molecule has 4 amide bonds. The molecule has 0 aromatic carbocycles. The van der Waals surface area contributed by atoms with Crippen molar-refractivity contribution in [3.63, 3.8) is 0 Å². The lowest BCUT2D eigenvalue weighted by Crippen LogP contribution is -2.59. The maximum Gasteiger partial charge on any atom is 0.326 e. The van der Waals surface area contributed by atoms with Crippen molar-refractivity contribution >= 4 is 41.4 Å². The fourth-order valence-electron chi connectivity index (χ4n) is 2.13. The number of hydrogen-bond acceptors (Lipinski definition) is 8. The van der Waals surface area contributed by atoms with Gasteiger partial charge in [-0.2, -0.15) is 11.8 Å². The molecule has 0 aliphatic heterocycles. The van der Waals surface area contributed by atoms with Crippen LogP contribution in [0.15, 0.2) is 0 Å². The van der Waals surface area contributed by atoms with Crippen LogP contribution in [0.2, 0.25) is 0 Å². The van der Waals surface area contributed by atoms with Crippen molar-refractivity contribution in [2.75, 3.05) is 12.0 Å². The SMILES string of the molecule is CSCCC(NC(=O)C(NC(=O)C(C)NC(=O)C(N)CC(N)=O)C(C)O)C(=O)O. The highest BCUT2D eigenvalue weighted by Crippen LogP contribution is 2.03. The number of rotatable bonds is 13. The topological polar surface area (TPSA) is 214 Å². The molecule has 12 nitrogen and oxygen atoms in total. The second kappa shape index (κ2) is 13.0. The third-order valence-electron chi connectivity index (χ3n) is 3.80. The van der Waals surface area contributed by atoms with Crippen molar-refractivity contribution in [1.82, 2.24) is 16.0 Å². The van der Waals surface area contributed by atoms with E-state index in [2.05, 4.69) is 16.0 Å². The minimum Gasteiger partial charge on any atom is -0.480 e. The summed E-state index contributed by atoms with van der Waals surface area (Å²) >= 11 is 1.40. The zero-order valence-corrected chi connectivity index (χ0v) is 17.3. The number of amides is 4. The number of carbonyl (C=O) groups is 5. The van der Waals surface area contributed by atoms with Crippen molar-refractivity contribution in [2.45, 2.75) is 57.0 Å². The van der Waals surface area contributed by atoms with Crippen LogP contribution >= 0.6 is 11.8 Å². The first kappa shape index (κ1) is 26.6. The first-order valence-corrected chi connectivity index (χ1v) is 10.1. The number of carboxylic acids is 1. The van der Waals surface area contributed by atoms with Crippen LogP contribution in [0.3, 0.4) is 0 Å². The summed E-state index contributed by atoms with van der Waals surface area (Å²) in [7, 11) is 0. The van der Waals surface area contributed by atoms with E-state index in [1.54, 1.807) is 6.26 Å². The van der Waals surface area contributed by atoms with Gasteiger partial charge in [-0.3, -0.25) is 19.2 Å². The van der Waals surface area contributed by atoms with Gasteiger partial charge in [-0.15, -0.1) is 0 Å². The predicted molar refractivity (Wildman–Crippen MR) is 106 cm³/mol. The minimum absolute atomic E-state index is 0.160. The van der Waals surface area contributed by atoms with E-state index in [9.17, 15) is 34.2 Å². The molecule has 0 aromatic heterocycles.